The van der Waals surface area contributed by atoms with Gasteiger partial charge in [0.25, 0.3) is 0 Å². The van der Waals surface area contributed by atoms with Crippen molar-refractivity contribution in [3.05, 3.63) is 66.0 Å². The molecule has 1 aromatic heterocycles. The van der Waals surface area contributed by atoms with Crippen LogP contribution in [0.15, 0.2) is 54.9 Å². The zero-order chi connectivity index (χ0) is 14.5. The first-order chi connectivity index (χ1) is 10.3. The van der Waals surface area contributed by atoms with Crippen molar-refractivity contribution in [2.45, 2.75) is 13.5 Å². The highest BCUT2D eigenvalue weighted by Crippen LogP contribution is 2.24. The number of rotatable bonds is 5. The molecule has 5 nitrogen and oxygen atoms in total. The molecule has 0 spiro atoms. The first-order valence-electron chi connectivity index (χ1n) is 6.71. The predicted molar refractivity (Wildman–Crippen MR) is 81.6 cm³/mol. The molecule has 0 saturated carbocycles. The Hall–Kier alpha value is -2.82. The molecule has 21 heavy (non-hydrogen) atoms. The highest BCUT2D eigenvalue weighted by molar-refractivity contribution is 5.56. The molecule has 0 radical (unpaired) electrons. The summed E-state index contributed by atoms with van der Waals surface area (Å²) in [6.07, 6.45) is 1.46. The van der Waals surface area contributed by atoms with E-state index < -0.39 is 0 Å². The Morgan fingerprint density at radius 1 is 1.14 bits per heavy atom. The standard InChI is InChI=1S/C16H16N4O/c1-12-9-14(19-16-17-11-18-20-16)7-8-15(12)21-10-13-5-3-2-4-6-13/h2-9,11H,10H2,1H3,(H2,17,18,19,20). The summed E-state index contributed by atoms with van der Waals surface area (Å²) in [6.45, 7) is 2.59. The van der Waals surface area contributed by atoms with Crippen LogP contribution in [0.1, 0.15) is 11.1 Å². The van der Waals surface area contributed by atoms with Crippen molar-refractivity contribution in [3.63, 3.8) is 0 Å². The van der Waals surface area contributed by atoms with Crippen LogP contribution in [0.2, 0.25) is 0 Å². The molecule has 0 unspecified atom stereocenters. The van der Waals surface area contributed by atoms with Crippen LogP contribution in [0, 0.1) is 6.92 Å². The lowest BCUT2D eigenvalue weighted by molar-refractivity contribution is 0.304. The maximum atomic E-state index is 5.85. The quantitative estimate of drug-likeness (QED) is 0.751. The van der Waals surface area contributed by atoms with Gasteiger partial charge in [-0.3, -0.25) is 0 Å². The number of ether oxygens (including phenoxy) is 1. The van der Waals surface area contributed by atoms with Crippen LogP contribution in [-0.4, -0.2) is 15.2 Å². The largest absolute Gasteiger partial charge is 0.489 e. The second-order valence-corrected chi connectivity index (χ2v) is 4.71. The molecule has 1 heterocycles. The third-order valence-corrected chi connectivity index (χ3v) is 3.09. The molecule has 3 rings (SSSR count). The first-order valence-corrected chi connectivity index (χ1v) is 6.71. The zero-order valence-electron chi connectivity index (χ0n) is 11.7. The molecule has 0 aliphatic heterocycles. The van der Waals surface area contributed by atoms with Crippen LogP contribution >= 0.6 is 0 Å². The highest BCUT2D eigenvalue weighted by atomic mass is 16.5. The number of hydrogen-bond acceptors (Lipinski definition) is 4. The Morgan fingerprint density at radius 3 is 2.71 bits per heavy atom. The van der Waals surface area contributed by atoms with Gasteiger partial charge in [0.2, 0.25) is 5.95 Å². The number of anilines is 2. The van der Waals surface area contributed by atoms with E-state index in [1.54, 1.807) is 0 Å². The summed E-state index contributed by atoms with van der Waals surface area (Å²) in [5.74, 6) is 1.49. The minimum atomic E-state index is 0.566. The van der Waals surface area contributed by atoms with Crippen LogP contribution < -0.4 is 10.1 Å². The third-order valence-electron chi connectivity index (χ3n) is 3.09. The molecule has 0 aliphatic carbocycles. The van der Waals surface area contributed by atoms with Crippen LogP contribution in [-0.2, 0) is 6.61 Å². The molecule has 5 heteroatoms. The van der Waals surface area contributed by atoms with Gasteiger partial charge in [-0.2, -0.15) is 10.1 Å². The number of H-pyrrole nitrogens is 1. The Kier molecular flexibility index (Phi) is 3.82. The Labute approximate surface area is 123 Å². The number of aryl methyl sites for hydroxylation is 1. The van der Waals surface area contributed by atoms with Crippen molar-refractivity contribution in [1.82, 2.24) is 15.2 Å². The molecule has 2 aromatic carbocycles. The molecular weight excluding hydrogens is 264 g/mol. The minimum Gasteiger partial charge on any atom is -0.489 e. The van der Waals surface area contributed by atoms with Crippen molar-refractivity contribution >= 4 is 11.6 Å². The maximum absolute atomic E-state index is 5.85. The van der Waals surface area contributed by atoms with E-state index in [1.807, 2.05) is 43.3 Å². The second-order valence-electron chi connectivity index (χ2n) is 4.71. The number of nitrogens with zero attached hydrogens (tertiary/aromatic N) is 2. The van der Waals surface area contributed by atoms with Gasteiger partial charge in [0, 0.05) is 5.69 Å². The van der Waals surface area contributed by atoms with Crippen LogP contribution in [0.3, 0.4) is 0 Å². The van der Waals surface area contributed by atoms with E-state index in [0.717, 1.165) is 22.6 Å². The second kappa shape index (κ2) is 6.09. The molecule has 0 aliphatic rings. The van der Waals surface area contributed by atoms with Crippen molar-refractivity contribution in [1.29, 1.82) is 0 Å². The average Bonchev–Trinajstić information content (AvgIpc) is 3.00. The summed E-state index contributed by atoms with van der Waals surface area (Å²) in [6, 6.07) is 16.0. The van der Waals surface area contributed by atoms with Crippen molar-refractivity contribution in [2.75, 3.05) is 5.32 Å². The van der Waals surface area contributed by atoms with Crippen LogP contribution in [0.5, 0.6) is 5.75 Å². The van der Waals surface area contributed by atoms with Crippen LogP contribution in [0.25, 0.3) is 0 Å². The van der Waals surface area contributed by atoms with E-state index >= 15 is 0 Å². The summed E-state index contributed by atoms with van der Waals surface area (Å²) < 4.78 is 5.85. The number of hydrogen-bond donors (Lipinski definition) is 2. The number of aromatic nitrogens is 3. The Balaban J connectivity index is 1.67. The Bertz CT molecular complexity index is 696. The predicted octanol–water partition coefficient (Wildman–Crippen LogP) is 3.44. The van der Waals surface area contributed by atoms with Gasteiger partial charge in [-0.1, -0.05) is 30.3 Å². The number of aromatic amines is 1. The van der Waals surface area contributed by atoms with E-state index in [4.69, 9.17) is 4.74 Å². The van der Waals surface area contributed by atoms with E-state index in [2.05, 4.69) is 32.6 Å². The van der Waals surface area contributed by atoms with Gasteiger partial charge in [-0.05, 0) is 36.2 Å². The van der Waals surface area contributed by atoms with Gasteiger partial charge < -0.3 is 10.1 Å². The lowest BCUT2D eigenvalue weighted by Crippen LogP contribution is -1.98. The van der Waals surface area contributed by atoms with Gasteiger partial charge in [0.05, 0.1) is 0 Å². The average molecular weight is 280 g/mol. The monoisotopic (exact) mass is 280 g/mol. The minimum absolute atomic E-state index is 0.566. The van der Waals surface area contributed by atoms with Gasteiger partial charge in [-0.15, -0.1) is 0 Å². The Morgan fingerprint density at radius 2 is 2.00 bits per heavy atom. The topological polar surface area (TPSA) is 62.8 Å². The van der Waals surface area contributed by atoms with Crippen molar-refractivity contribution < 1.29 is 4.74 Å². The van der Waals surface area contributed by atoms with Crippen LogP contribution in [0.4, 0.5) is 11.6 Å². The van der Waals surface area contributed by atoms with E-state index in [0.29, 0.717) is 12.6 Å². The van der Waals surface area contributed by atoms with E-state index in [9.17, 15) is 0 Å². The van der Waals surface area contributed by atoms with E-state index in [1.165, 1.54) is 6.33 Å². The van der Waals surface area contributed by atoms with Crippen molar-refractivity contribution in [3.8, 4) is 5.75 Å². The zero-order valence-corrected chi connectivity index (χ0v) is 11.7. The lowest BCUT2D eigenvalue weighted by atomic mass is 10.2. The highest BCUT2D eigenvalue weighted by Gasteiger charge is 2.03. The molecule has 0 fully saturated rings. The molecule has 3 aromatic rings. The van der Waals surface area contributed by atoms with Crippen molar-refractivity contribution in [2.24, 2.45) is 0 Å². The molecule has 0 atom stereocenters. The molecular formula is C16H16N4O. The molecule has 0 saturated heterocycles. The molecule has 2 N–H and O–H groups in total. The summed E-state index contributed by atoms with van der Waals surface area (Å²) in [5, 5.41) is 9.70. The molecule has 0 bridgehead atoms. The normalized spacial score (nSPS) is 10.3. The summed E-state index contributed by atoms with van der Waals surface area (Å²) in [5.41, 5.74) is 3.16. The first kappa shape index (κ1) is 13.2. The SMILES string of the molecule is Cc1cc(Nc2ncn[nH]2)ccc1OCc1ccccc1. The summed E-state index contributed by atoms with van der Waals surface area (Å²) >= 11 is 0. The third kappa shape index (κ3) is 3.39. The maximum Gasteiger partial charge on any atom is 0.222 e. The fourth-order valence-corrected chi connectivity index (χ4v) is 2.03. The fraction of sp³-hybridized carbons (Fsp3) is 0.125. The number of nitrogens with one attached hydrogen (secondary N) is 2. The lowest BCUT2D eigenvalue weighted by Gasteiger charge is -2.11. The smallest absolute Gasteiger partial charge is 0.222 e. The van der Waals surface area contributed by atoms with E-state index in [-0.39, 0.29) is 0 Å². The summed E-state index contributed by atoms with van der Waals surface area (Å²) in [4.78, 5) is 4.03. The van der Waals surface area contributed by atoms with Gasteiger partial charge in [0.1, 0.15) is 18.7 Å². The summed E-state index contributed by atoms with van der Waals surface area (Å²) in [7, 11) is 0. The molecule has 106 valence electrons. The van der Waals surface area contributed by atoms with Gasteiger partial charge in [0.15, 0.2) is 0 Å². The van der Waals surface area contributed by atoms with Gasteiger partial charge >= 0.3 is 0 Å². The van der Waals surface area contributed by atoms with Gasteiger partial charge in [-0.25, -0.2) is 5.10 Å². The number of benzene rings is 2. The fourth-order valence-electron chi connectivity index (χ4n) is 2.03. The molecule has 0 amide bonds.